The summed E-state index contributed by atoms with van der Waals surface area (Å²) >= 11 is 0. The van der Waals surface area contributed by atoms with Crippen molar-refractivity contribution < 1.29 is 24.2 Å². The van der Waals surface area contributed by atoms with Gasteiger partial charge >= 0.3 is 12.1 Å². The van der Waals surface area contributed by atoms with E-state index in [2.05, 4.69) is 5.32 Å². The molecule has 2 aliphatic heterocycles. The normalized spacial score (nSPS) is 29.0. The second-order valence-electron chi connectivity index (χ2n) is 6.61. The molecule has 21 heavy (non-hydrogen) atoms. The number of hydrogen-bond donors (Lipinski definition) is 2. The standard InChI is InChI=1S/C14H22N2O5/c1-14(2,3)21-13(20)15-9-6-4-8-5-7-10(12(18)19)16(8)11(9)17/h8-10H,4-7H2,1-3H3,(H,15,20)(H,18,19)/t8?,9-,10-/m0/s1. The lowest BCUT2D eigenvalue weighted by Gasteiger charge is -2.37. The molecule has 7 nitrogen and oxygen atoms in total. The van der Waals surface area contributed by atoms with Crippen LogP contribution in [0, 0.1) is 0 Å². The number of rotatable bonds is 2. The Kier molecular flexibility index (Phi) is 4.11. The van der Waals surface area contributed by atoms with Gasteiger partial charge in [0.2, 0.25) is 5.91 Å². The second-order valence-corrected chi connectivity index (χ2v) is 6.61. The monoisotopic (exact) mass is 298 g/mol. The van der Waals surface area contributed by atoms with Crippen LogP contribution in [0.15, 0.2) is 0 Å². The molecule has 0 aromatic rings. The predicted molar refractivity (Wildman–Crippen MR) is 73.7 cm³/mol. The van der Waals surface area contributed by atoms with Gasteiger partial charge in [-0.1, -0.05) is 0 Å². The first-order chi connectivity index (χ1) is 9.69. The Morgan fingerprint density at radius 3 is 2.43 bits per heavy atom. The Hall–Kier alpha value is -1.79. The number of alkyl carbamates (subject to hydrolysis) is 1. The molecule has 0 radical (unpaired) electrons. The van der Waals surface area contributed by atoms with E-state index in [1.54, 1.807) is 20.8 Å². The summed E-state index contributed by atoms with van der Waals surface area (Å²) in [4.78, 5) is 36.8. The third-order valence-corrected chi connectivity index (χ3v) is 3.82. The lowest BCUT2D eigenvalue weighted by molar-refractivity contribution is -0.152. The SMILES string of the molecule is CC(C)(C)OC(=O)N[C@H]1CCC2CC[C@@H](C(=O)O)N2C1=O. The Bertz CT molecular complexity index is 457. The quantitative estimate of drug-likeness (QED) is 0.796. The molecule has 0 aromatic carbocycles. The van der Waals surface area contributed by atoms with Crippen LogP contribution >= 0.6 is 0 Å². The Labute approximate surface area is 123 Å². The average molecular weight is 298 g/mol. The number of carbonyl (C=O) groups is 3. The molecule has 7 heteroatoms. The van der Waals surface area contributed by atoms with E-state index >= 15 is 0 Å². The van der Waals surface area contributed by atoms with Crippen molar-refractivity contribution in [1.29, 1.82) is 0 Å². The van der Waals surface area contributed by atoms with E-state index in [0.717, 1.165) is 0 Å². The highest BCUT2D eigenvalue weighted by atomic mass is 16.6. The van der Waals surface area contributed by atoms with Gasteiger partial charge in [-0.3, -0.25) is 4.79 Å². The molecule has 2 heterocycles. The zero-order chi connectivity index (χ0) is 15.8. The molecule has 0 saturated carbocycles. The fraction of sp³-hybridized carbons (Fsp3) is 0.786. The molecule has 2 N–H and O–H groups in total. The molecule has 118 valence electrons. The molecule has 3 atom stereocenters. The first-order valence-corrected chi connectivity index (χ1v) is 7.23. The molecular formula is C14H22N2O5. The Morgan fingerprint density at radius 2 is 1.86 bits per heavy atom. The highest BCUT2D eigenvalue weighted by Gasteiger charge is 2.46. The van der Waals surface area contributed by atoms with Crippen molar-refractivity contribution in [3.8, 4) is 0 Å². The van der Waals surface area contributed by atoms with Crippen molar-refractivity contribution in [1.82, 2.24) is 10.2 Å². The van der Waals surface area contributed by atoms with Gasteiger partial charge in [0.1, 0.15) is 17.7 Å². The van der Waals surface area contributed by atoms with Crippen molar-refractivity contribution in [2.45, 2.75) is 70.2 Å². The number of fused-ring (bicyclic) bond motifs is 1. The van der Waals surface area contributed by atoms with E-state index in [-0.39, 0.29) is 11.9 Å². The Morgan fingerprint density at radius 1 is 1.24 bits per heavy atom. The molecule has 0 aromatic heterocycles. The fourth-order valence-electron chi connectivity index (χ4n) is 2.99. The van der Waals surface area contributed by atoms with Crippen LogP contribution in [-0.2, 0) is 14.3 Å². The average Bonchev–Trinajstić information content (AvgIpc) is 2.75. The number of nitrogens with one attached hydrogen (secondary N) is 1. The maximum absolute atomic E-state index is 12.4. The van der Waals surface area contributed by atoms with Gasteiger partial charge < -0.3 is 20.1 Å². The number of aliphatic carboxylic acids is 1. The summed E-state index contributed by atoms with van der Waals surface area (Å²) in [6.07, 6.45) is 1.76. The van der Waals surface area contributed by atoms with E-state index < -0.39 is 29.7 Å². The number of nitrogens with zero attached hydrogens (tertiary/aromatic N) is 1. The molecule has 0 bridgehead atoms. The predicted octanol–water partition coefficient (Wildman–Crippen LogP) is 1.12. The van der Waals surface area contributed by atoms with Crippen LogP contribution in [0.1, 0.15) is 46.5 Å². The van der Waals surface area contributed by atoms with Crippen LogP contribution in [0.2, 0.25) is 0 Å². The summed E-state index contributed by atoms with van der Waals surface area (Å²) in [5.41, 5.74) is -0.637. The lowest BCUT2D eigenvalue weighted by atomic mass is 9.98. The topological polar surface area (TPSA) is 95.9 Å². The molecule has 1 unspecified atom stereocenters. The summed E-state index contributed by atoms with van der Waals surface area (Å²) in [5.74, 6) is -1.30. The van der Waals surface area contributed by atoms with E-state index in [1.807, 2.05) is 0 Å². The van der Waals surface area contributed by atoms with Gasteiger partial charge in [-0.05, 0) is 46.5 Å². The maximum atomic E-state index is 12.4. The first kappa shape index (κ1) is 15.6. The minimum Gasteiger partial charge on any atom is -0.480 e. The lowest BCUT2D eigenvalue weighted by Crippen LogP contribution is -2.57. The number of carbonyl (C=O) groups excluding carboxylic acids is 2. The van der Waals surface area contributed by atoms with Crippen LogP contribution in [0.4, 0.5) is 4.79 Å². The number of amides is 2. The van der Waals surface area contributed by atoms with Gasteiger partial charge in [-0.15, -0.1) is 0 Å². The van der Waals surface area contributed by atoms with Gasteiger partial charge in [0.05, 0.1) is 0 Å². The van der Waals surface area contributed by atoms with E-state index in [9.17, 15) is 19.5 Å². The zero-order valence-electron chi connectivity index (χ0n) is 12.6. The number of hydrogen-bond acceptors (Lipinski definition) is 4. The molecule has 2 rings (SSSR count). The highest BCUT2D eigenvalue weighted by Crippen LogP contribution is 2.32. The van der Waals surface area contributed by atoms with E-state index in [0.29, 0.717) is 25.7 Å². The van der Waals surface area contributed by atoms with Crippen molar-refractivity contribution in [3.63, 3.8) is 0 Å². The van der Waals surface area contributed by atoms with Gasteiger partial charge in [0.25, 0.3) is 0 Å². The van der Waals surface area contributed by atoms with Crippen LogP contribution in [0.25, 0.3) is 0 Å². The summed E-state index contributed by atoms with van der Waals surface area (Å²) in [7, 11) is 0. The van der Waals surface area contributed by atoms with Crippen molar-refractivity contribution in [2.75, 3.05) is 0 Å². The van der Waals surface area contributed by atoms with E-state index in [4.69, 9.17) is 4.74 Å². The van der Waals surface area contributed by atoms with E-state index in [1.165, 1.54) is 4.90 Å². The maximum Gasteiger partial charge on any atom is 0.408 e. The minimum absolute atomic E-state index is 0.0183. The zero-order valence-corrected chi connectivity index (χ0v) is 12.6. The summed E-state index contributed by atoms with van der Waals surface area (Å²) in [5, 5.41) is 11.7. The second kappa shape index (κ2) is 5.54. The minimum atomic E-state index is -0.983. The van der Waals surface area contributed by atoms with Gasteiger partial charge in [-0.2, -0.15) is 0 Å². The van der Waals surface area contributed by atoms with Crippen LogP contribution in [0.5, 0.6) is 0 Å². The molecule has 2 fully saturated rings. The summed E-state index contributed by atoms with van der Waals surface area (Å²) < 4.78 is 5.14. The number of carboxylic acids is 1. The van der Waals surface area contributed by atoms with Crippen molar-refractivity contribution in [2.24, 2.45) is 0 Å². The van der Waals surface area contributed by atoms with Gasteiger partial charge in [-0.25, -0.2) is 9.59 Å². The molecule has 0 aliphatic carbocycles. The van der Waals surface area contributed by atoms with Gasteiger partial charge in [0, 0.05) is 6.04 Å². The van der Waals surface area contributed by atoms with Crippen LogP contribution < -0.4 is 5.32 Å². The molecule has 2 amide bonds. The number of ether oxygens (including phenoxy) is 1. The van der Waals surface area contributed by atoms with Gasteiger partial charge in [0.15, 0.2) is 0 Å². The van der Waals surface area contributed by atoms with Crippen LogP contribution in [0.3, 0.4) is 0 Å². The molecule has 2 saturated heterocycles. The Balaban J connectivity index is 2.02. The van der Waals surface area contributed by atoms with Crippen molar-refractivity contribution in [3.05, 3.63) is 0 Å². The molecule has 0 spiro atoms. The summed E-state index contributed by atoms with van der Waals surface area (Å²) in [6.45, 7) is 5.23. The molecule has 2 aliphatic rings. The third-order valence-electron chi connectivity index (χ3n) is 3.82. The first-order valence-electron chi connectivity index (χ1n) is 7.23. The number of carboxylic acid groups (broad SMARTS) is 1. The van der Waals surface area contributed by atoms with Crippen molar-refractivity contribution >= 4 is 18.0 Å². The largest absolute Gasteiger partial charge is 0.480 e. The summed E-state index contributed by atoms with van der Waals surface area (Å²) in [6, 6.07) is -1.49. The van der Waals surface area contributed by atoms with Crippen LogP contribution in [-0.4, -0.2) is 51.7 Å². The fourth-order valence-corrected chi connectivity index (χ4v) is 2.99. The molecular weight excluding hydrogens is 276 g/mol. The number of piperidine rings is 1. The third kappa shape index (κ3) is 3.46. The smallest absolute Gasteiger partial charge is 0.408 e. The highest BCUT2D eigenvalue weighted by molar-refractivity contribution is 5.90.